The van der Waals surface area contributed by atoms with Crippen LogP contribution in [0.25, 0.3) is 5.95 Å². The predicted molar refractivity (Wildman–Crippen MR) is 65.8 cm³/mol. The average molecular weight is 248 g/mol. The monoisotopic (exact) mass is 248 g/mol. The molecule has 2 aromatic rings. The molecule has 0 fully saturated rings. The van der Waals surface area contributed by atoms with Crippen molar-refractivity contribution in [3.05, 3.63) is 29.3 Å². The lowest BCUT2D eigenvalue weighted by atomic mass is 10.1. The van der Waals surface area contributed by atoms with E-state index in [1.165, 1.54) is 0 Å². The van der Waals surface area contributed by atoms with Crippen molar-refractivity contribution in [3.8, 4) is 5.95 Å². The zero-order valence-corrected chi connectivity index (χ0v) is 10.7. The number of aromatic nitrogens is 4. The Hall–Kier alpha value is -2.11. The largest absolute Gasteiger partial charge is 0.481 e. The van der Waals surface area contributed by atoms with E-state index in [1.807, 2.05) is 31.5 Å². The predicted octanol–water partition coefficient (Wildman–Crippen LogP) is 1.33. The molecule has 0 aliphatic heterocycles. The molecule has 96 valence electrons. The lowest BCUT2D eigenvalue weighted by molar-refractivity contribution is -0.136. The summed E-state index contributed by atoms with van der Waals surface area (Å²) >= 11 is 0. The van der Waals surface area contributed by atoms with Gasteiger partial charge in [-0.25, -0.2) is 9.67 Å². The Morgan fingerprint density at radius 2 is 2.17 bits per heavy atom. The second-order valence-electron chi connectivity index (χ2n) is 4.14. The van der Waals surface area contributed by atoms with Gasteiger partial charge in [-0.3, -0.25) is 4.79 Å². The highest BCUT2D eigenvalue weighted by Gasteiger charge is 2.17. The minimum Gasteiger partial charge on any atom is -0.481 e. The third kappa shape index (κ3) is 2.01. The van der Waals surface area contributed by atoms with E-state index in [4.69, 9.17) is 5.11 Å². The summed E-state index contributed by atoms with van der Waals surface area (Å²) in [6.45, 7) is 6.50. The van der Waals surface area contributed by atoms with E-state index in [0.717, 1.165) is 29.4 Å². The zero-order chi connectivity index (χ0) is 13.3. The van der Waals surface area contributed by atoms with Gasteiger partial charge < -0.3 is 9.67 Å². The van der Waals surface area contributed by atoms with Crippen molar-refractivity contribution in [2.45, 2.75) is 33.7 Å². The molecule has 0 radical (unpaired) electrons. The van der Waals surface area contributed by atoms with Gasteiger partial charge in [0, 0.05) is 30.2 Å². The van der Waals surface area contributed by atoms with E-state index in [0.29, 0.717) is 0 Å². The number of nitrogens with zero attached hydrogens (tertiary/aromatic N) is 4. The SMILES string of the molecule is CCn1ccnc1-n1nc(C)c(CC(=O)O)c1C. The molecule has 0 spiro atoms. The molecule has 0 aliphatic rings. The van der Waals surface area contributed by atoms with Crippen LogP contribution in [0.1, 0.15) is 23.9 Å². The van der Waals surface area contributed by atoms with Gasteiger partial charge in [0.2, 0.25) is 5.95 Å². The molecule has 0 amide bonds. The molecule has 0 unspecified atom stereocenters. The molecular weight excluding hydrogens is 232 g/mol. The van der Waals surface area contributed by atoms with Gasteiger partial charge in [-0.1, -0.05) is 0 Å². The fourth-order valence-corrected chi connectivity index (χ4v) is 2.02. The summed E-state index contributed by atoms with van der Waals surface area (Å²) in [6.07, 6.45) is 3.58. The molecule has 2 aromatic heterocycles. The molecule has 2 heterocycles. The Bertz CT molecular complexity index is 583. The molecule has 2 rings (SSSR count). The van der Waals surface area contributed by atoms with Crippen LogP contribution >= 0.6 is 0 Å². The Morgan fingerprint density at radius 1 is 1.44 bits per heavy atom. The summed E-state index contributed by atoms with van der Waals surface area (Å²) in [4.78, 5) is 15.1. The van der Waals surface area contributed by atoms with Gasteiger partial charge in [-0.15, -0.1) is 0 Å². The van der Waals surface area contributed by atoms with Gasteiger partial charge in [0.1, 0.15) is 0 Å². The normalized spacial score (nSPS) is 10.8. The Morgan fingerprint density at radius 3 is 2.78 bits per heavy atom. The minimum atomic E-state index is -0.848. The van der Waals surface area contributed by atoms with Gasteiger partial charge in [0.05, 0.1) is 12.1 Å². The number of hydrogen-bond donors (Lipinski definition) is 1. The third-order valence-corrected chi connectivity index (χ3v) is 2.99. The Labute approximate surface area is 105 Å². The lowest BCUT2D eigenvalue weighted by Gasteiger charge is -2.06. The second-order valence-corrected chi connectivity index (χ2v) is 4.14. The molecule has 0 aromatic carbocycles. The number of imidazole rings is 1. The molecule has 0 bridgehead atoms. The van der Waals surface area contributed by atoms with Crippen molar-refractivity contribution >= 4 is 5.97 Å². The van der Waals surface area contributed by atoms with Crippen LogP contribution in [0, 0.1) is 13.8 Å². The van der Waals surface area contributed by atoms with E-state index in [9.17, 15) is 4.79 Å². The van der Waals surface area contributed by atoms with Crippen LogP contribution in [0.4, 0.5) is 0 Å². The van der Waals surface area contributed by atoms with E-state index >= 15 is 0 Å². The number of carbonyl (C=O) groups is 1. The summed E-state index contributed by atoms with van der Waals surface area (Å²) in [7, 11) is 0. The van der Waals surface area contributed by atoms with Crippen molar-refractivity contribution in [3.63, 3.8) is 0 Å². The van der Waals surface area contributed by atoms with Crippen molar-refractivity contribution in [1.29, 1.82) is 0 Å². The molecule has 0 atom stereocenters. The van der Waals surface area contributed by atoms with Gasteiger partial charge in [-0.05, 0) is 20.8 Å². The van der Waals surface area contributed by atoms with E-state index < -0.39 is 5.97 Å². The second kappa shape index (κ2) is 4.64. The van der Waals surface area contributed by atoms with Crippen LogP contribution in [-0.4, -0.2) is 30.4 Å². The fraction of sp³-hybridized carbons (Fsp3) is 0.417. The third-order valence-electron chi connectivity index (χ3n) is 2.99. The number of carboxylic acids is 1. The summed E-state index contributed by atoms with van der Waals surface area (Å²) in [6, 6.07) is 0. The van der Waals surface area contributed by atoms with E-state index in [-0.39, 0.29) is 6.42 Å². The highest BCUT2D eigenvalue weighted by atomic mass is 16.4. The zero-order valence-electron chi connectivity index (χ0n) is 10.7. The molecule has 0 aliphatic carbocycles. The topological polar surface area (TPSA) is 72.9 Å². The van der Waals surface area contributed by atoms with Crippen molar-refractivity contribution in [2.75, 3.05) is 0 Å². The Kier molecular flexibility index (Phi) is 3.18. The first-order valence-corrected chi connectivity index (χ1v) is 5.83. The van der Waals surface area contributed by atoms with Crippen LogP contribution in [-0.2, 0) is 17.8 Å². The first-order valence-electron chi connectivity index (χ1n) is 5.83. The smallest absolute Gasteiger partial charge is 0.307 e. The summed E-state index contributed by atoms with van der Waals surface area (Å²) in [5.41, 5.74) is 2.32. The highest BCUT2D eigenvalue weighted by molar-refractivity contribution is 5.71. The molecule has 6 nitrogen and oxygen atoms in total. The maximum absolute atomic E-state index is 10.8. The van der Waals surface area contributed by atoms with Crippen LogP contribution in [0.15, 0.2) is 12.4 Å². The average Bonchev–Trinajstić information content (AvgIpc) is 2.88. The van der Waals surface area contributed by atoms with Crippen LogP contribution in [0.3, 0.4) is 0 Å². The number of aryl methyl sites for hydroxylation is 2. The van der Waals surface area contributed by atoms with Crippen molar-refractivity contribution in [1.82, 2.24) is 19.3 Å². The van der Waals surface area contributed by atoms with Crippen molar-refractivity contribution in [2.24, 2.45) is 0 Å². The molecule has 0 saturated carbocycles. The maximum Gasteiger partial charge on any atom is 0.307 e. The van der Waals surface area contributed by atoms with Gasteiger partial charge >= 0.3 is 5.97 Å². The molecule has 6 heteroatoms. The highest BCUT2D eigenvalue weighted by Crippen LogP contribution is 2.17. The standard InChI is InChI=1S/C12H16N4O2/c1-4-15-6-5-13-12(15)16-9(3)10(7-11(17)18)8(2)14-16/h5-6H,4,7H2,1-3H3,(H,17,18). The Balaban J connectivity index is 2.50. The van der Waals surface area contributed by atoms with E-state index in [1.54, 1.807) is 10.9 Å². The number of hydrogen-bond acceptors (Lipinski definition) is 3. The van der Waals surface area contributed by atoms with Crippen molar-refractivity contribution < 1.29 is 9.90 Å². The fourth-order valence-electron chi connectivity index (χ4n) is 2.02. The molecule has 18 heavy (non-hydrogen) atoms. The van der Waals surface area contributed by atoms with E-state index in [2.05, 4.69) is 10.1 Å². The lowest BCUT2D eigenvalue weighted by Crippen LogP contribution is -2.09. The number of aliphatic carboxylic acids is 1. The van der Waals surface area contributed by atoms with Crippen LogP contribution < -0.4 is 0 Å². The number of rotatable bonds is 4. The van der Waals surface area contributed by atoms with Gasteiger partial charge in [0.25, 0.3) is 0 Å². The molecular formula is C12H16N4O2. The molecule has 1 N–H and O–H groups in total. The quantitative estimate of drug-likeness (QED) is 0.886. The summed E-state index contributed by atoms with van der Waals surface area (Å²) in [5, 5.41) is 13.3. The van der Waals surface area contributed by atoms with Crippen LogP contribution in [0.2, 0.25) is 0 Å². The van der Waals surface area contributed by atoms with Gasteiger partial charge in [-0.2, -0.15) is 5.10 Å². The molecule has 0 saturated heterocycles. The van der Waals surface area contributed by atoms with Gasteiger partial charge in [0.15, 0.2) is 0 Å². The minimum absolute atomic E-state index is 0.00942. The first-order chi connectivity index (χ1) is 8.54. The summed E-state index contributed by atoms with van der Waals surface area (Å²) in [5.74, 6) is -0.130. The van der Waals surface area contributed by atoms with Crippen LogP contribution in [0.5, 0.6) is 0 Å². The number of carboxylic acid groups (broad SMARTS) is 1. The maximum atomic E-state index is 10.8. The summed E-state index contributed by atoms with van der Waals surface area (Å²) < 4.78 is 3.67. The first kappa shape index (κ1) is 12.3.